The van der Waals surface area contributed by atoms with Crippen LogP contribution in [-0.4, -0.2) is 162 Å². The number of nitrogens with one attached hydrogen (secondary N) is 2. The normalized spacial score (nSPS) is 22.0. The van der Waals surface area contributed by atoms with E-state index in [0.29, 0.717) is 41.9 Å². The zero-order valence-corrected chi connectivity index (χ0v) is 47.8. The van der Waals surface area contributed by atoms with Gasteiger partial charge in [-0.05, 0) is 91.9 Å². The molecule has 4 aliphatic heterocycles. The van der Waals surface area contributed by atoms with Crippen LogP contribution in [0.3, 0.4) is 0 Å². The number of aromatic nitrogens is 2. The maximum absolute atomic E-state index is 15.1. The molecule has 3 N–H and O–H groups in total. The molecule has 6 heterocycles. The fourth-order valence-corrected chi connectivity index (χ4v) is 12.2. The van der Waals surface area contributed by atoms with Crippen molar-refractivity contribution in [2.24, 2.45) is 17.3 Å². The Morgan fingerprint density at radius 2 is 1.76 bits per heavy atom. The minimum atomic E-state index is -1.25. The summed E-state index contributed by atoms with van der Waals surface area (Å²) in [6, 6.07) is 20.8. The highest BCUT2D eigenvalue weighted by Gasteiger charge is 2.46. The molecule has 6 bridgehead atoms. The summed E-state index contributed by atoms with van der Waals surface area (Å²) in [4.78, 5) is 91.5. The summed E-state index contributed by atoms with van der Waals surface area (Å²) in [7, 11) is 6.70. The number of likely N-dealkylation sites (N-methyl/N-ethyl adjacent to an activating group) is 2. The maximum Gasteiger partial charge on any atom is 0.409 e. The lowest BCUT2D eigenvalue weighted by molar-refractivity contribution is -0.835. The summed E-state index contributed by atoms with van der Waals surface area (Å²) in [5.41, 5.74) is 11.3. The molecule has 7 atom stereocenters. The molecule has 5 aromatic rings. The number of nitrogens with zero attached hydrogens (tertiary/aromatic N) is 8. The molecule has 0 aliphatic carbocycles. The van der Waals surface area contributed by atoms with Crippen molar-refractivity contribution in [3.05, 3.63) is 119 Å². The number of aromatic hydroxyl groups is 1. The largest absolute Gasteiger partial charge is 0.508 e. The Bertz CT molecular complexity index is 3120. The van der Waals surface area contributed by atoms with E-state index in [4.69, 9.17) is 19.3 Å². The molecule has 4 aliphatic rings. The first-order valence-electron chi connectivity index (χ1n) is 28.0. The van der Waals surface area contributed by atoms with Crippen LogP contribution in [0.5, 0.6) is 5.75 Å². The summed E-state index contributed by atoms with van der Waals surface area (Å²) < 4.78 is 13.4. The Kier molecular flexibility index (Phi) is 17.3. The topological polar surface area (TPSA) is 194 Å². The Balaban J connectivity index is 1.12. The number of hydrogen-bond donors (Lipinski definition) is 3. The third kappa shape index (κ3) is 11.9. The van der Waals surface area contributed by atoms with Gasteiger partial charge in [0.1, 0.15) is 17.8 Å². The Morgan fingerprint density at radius 3 is 2.46 bits per heavy atom. The van der Waals surface area contributed by atoms with Crippen LogP contribution < -0.4 is 15.6 Å². The number of phenolic OH excluding ortho intramolecular Hbond substituents is 1. The standard InChI is InChI=1S/C61H78N10O9/c1-11-38(3)55(66(8)58(74)50-36-68(60(76)79-10)35-49(50)41-17-14-13-15-18-41)57(73)63-51-29-40-27-43(30-45(72)28-40)42-20-21-52-46(31-42)48(33-61(5,6)37-80-71(77)53-19-16-22-70(64-53)59(51)75)56(69(52)12-2)47-32-44(34-62-54(47)39(4)78-9)67-25-23-65(7)24-26-67/h11,13-15,17-18,20-21,27-28,30-32,34,38-39,49-51,53,55,64H,1,12,16,19,22-26,29,33,35-37H2,2-10H3,(H-,63,72,73)/p+1/t38-,39+,49-,50-,51+,53-,55+/m1/s1. The molecule has 426 valence electrons. The van der Waals surface area contributed by atoms with Gasteiger partial charge in [0.25, 0.3) is 5.91 Å². The second kappa shape index (κ2) is 24.2. The Morgan fingerprint density at radius 1 is 1.01 bits per heavy atom. The number of amides is 4. The summed E-state index contributed by atoms with van der Waals surface area (Å²) >= 11 is 0. The van der Waals surface area contributed by atoms with E-state index in [-0.39, 0.29) is 56.3 Å². The van der Waals surface area contributed by atoms with Crippen LogP contribution in [0.4, 0.5) is 10.5 Å². The van der Waals surface area contributed by atoms with Crippen molar-refractivity contribution >= 4 is 40.4 Å². The monoisotopic (exact) mass is 1100 g/mol. The number of aryl methyl sites for hydroxylation is 1. The zero-order chi connectivity index (χ0) is 57.2. The van der Waals surface area contributed by atoms with Gasteiger partial charge in [0.2, 0.25) is 16.7 Å². The minimum Gasteiger partial charge on any atom is -0.508 e. The molecule has 19 heteroatoms. The fraction of sp³-hybridized carbons (Fsp3) is 0.492. The molecule has 3 aromatic carbocycles. The summed E-state index contributed by atoms with van der Waals surface area (Å²) in [5.74, 6) is -3.24. The van der Waals surface area contributed by atoms with E-state index in [1.165, 1.54) is 21.9 Å². The van der Waals surface area contributed by atoms with Crippen LogP contribution in [0.15, 0.2) is 91.6 Å². The summed E-state index contributed by atoms with van der Waals surface area (Å²) in [6.07, 6.45) is 2.97. The number of hydrogen-bond acceptors (Lipinski definition) is 13. The average molecular weight is 1100 g/mol. The molecule has 0 spiro atoms. The molecule has 19 nitrogen and oxygen atoms in total. The molecule has 80 heavy (non-hydrogen) atoms. The van der Waals surface area contributed by atoms with E-state index in [9.17, 15) is 19.6 Å². The number of ether oxygens (including phenoxy) is 2. The first kappa shape index (κ1) is 57.3. The molecule has 0 unspecified atom stereocenters. The zero-order valence-electron chi connectivity index (χ0n) is 47.8. The van der Waals surface area contributed by atoms with Gasteiger partial charge in [-0.25, -0.2) is 9.63 Å². The number of carbonyl (C=O) groups is 4. The van der Waals surface area contributed by atoms with Crippen molar-refractivity contribution < 1.29 is 43.5 Å². The van der Waals surface area contributed by atoms with E-state index in [1.807, 2.05) is 55.6 Å². The fourth-order valence-electron chi connectivity index (χ4n) is 12.2. The van der Waals surface area contributed by atoms with Gasteiger partial charge in [0, 0.05) is 113 Å². The van der Waals surface area contributed by atoms with Crippen LogP contribution in [0, 0.1) is 22.2 Å². The number of anilines is 1. The second-order valence-electron chi connectivity index (χ2n) is 22.9. The average Bonchev–Trinajstić information content (AvgIpc) is 4.17. The van der Waals surface area contributed by atoms with Crippen LogP contribution in [0.1, 0.15) is 81.9 Å². The van der Waals surface area contributed by atoms with Crippen molar-refractivity contribution in [1.29, 1.82) is 0 Å². The van der Waals surface area contributed by atoms with E-state index in [2.05, 4.69) is 77.7 Å². The van der Waals surface area contributed by atoms with Gasteiger partial charge in [-0.3, -0.25) is 24.4 Å². The first-order valence-corrected chi connectivity index (χ1v) is 28.0. The van der Waals surface area contributed by atoms with Gasteiger partial charge in [0.15, 0.2) is 6.61 Å². The van der Waals surface area contributed by atoms with Crippen molar-refractivity contribution in [2.45, 2.75) is 97.1 Å². The number of carbonyl (C=O) groups excluding carboxylic acids is 4. The van der Waals surface area contributed by atoms with Gasteiger partial charge >= 0.3 is 12.3 Å². The number of benzene rings is 3. The highest BCUT2D eigenvalue weighted by atomic mass is 16.8. The van der Waals surface area contributed by atoms with E-state index in [0.717, 1.165) is 76.4 Å². The van der Waals surface area contributed by atoms with Gasteiger partial charge in [-0.15, -0.1) is 6.58 Å². The van der Waals surface area contributed by atoms with Gasteiger partial charge < -0.3 is 44.1 Å². The maximum atomic E-state index is 15.1. The molecule has 0 saturated carbocycles. The lowest BCUT2D eigenvalue weighted by atomic mass is 9.84. The molecular weight excluding hydrogens is 1020 g/mol. The predicted molar refractivity (Wildman–Crippen MR) is 306 cm³/mol. The first-order chi connectivity index (χ1) is 38.3. The number of phenols is 1. The summed E-state index contributed by atoms with van der Waals surface area (Å²) in [6.45, 7) is 18.9. The van der Waals surface area contributed by atoms with Crippen LogP contribution >= 0.6 is 0 Å². The third-order valence-corrected chi connectivity index (χ3v) is 16.7. The van der Waals surface area contributed by atoms with Crippen LogP contribution in [0.25, 0.3) is 33.3 Å². The number of rotatable bonds is 12. The second-order valence-corrected chi connectivity index (χ2v) is 22.9. The SMILES string of the molecule is C=C[C@@H](C)[C@@H](C(=O)N[C@H]1Cc2cc(O)cc(c2)-c2ccc3c(c2)c(c(-c2cc(N4CCN(C)CC4)cnc2[C@H](C)OC)n3CC)CC(C)(C)CO[N+](=O)[C@@H]2CCCN(N2)C1=O)N(C)C(=O)[C@@H]1CN(C(=O)OC)C[C@@H]1c1ccccc1. The summed E-state index contributed by atoms with van der Waals surface area (Å²) in [5, 5.41) is 17.0. The lowest BCUT2D eigenvalue weighted by Gasteiger charge is -2.36. The smallest absolute Gasteiger partial charge is 0.409 e. The number of hydrazine groups is 1. The van der Waals surface area contributed by atoms with Crippen molar-refractivity contribution in [3.8, 4) is 28.1 Å². The molecule has 3 saturated heterocycles. The van der Waals surface area contributed by atoms with Crippen molar-refractivity contribution in [1.82, 2.24) is 40.0 Å². The number of piperazine rings is 1. The molecule has 4 amide bonds. The molecular formula is C61H79N10O9+. The van der Waals surface area contributed by atoms with Crippen LogP contribution in [-0.2, 0) is 48.1 Å². The van der Waals surface area contributed by atoms with E-state index in [1.54, 1.807) is 39.3 Å². The van der Waals surface area contributed by atoms with Gasteiger partial charge in [0.05, 0.1) is 47.3 Å². The number of likely N-dealkylation sites (tertiary alicyclic amines) is 1. The van der Waals surface area contributed by atoms with Crippen LogP contribution in [0.2, 0.25) is 0 Å². The highest BCUT2D eigenvalue weighted by Crippen LogP contribution is 2.44. The molecule has 3 fully saturated rings. The van der Waals surface area contributed by atoms with Crippen molar-refractivity contribution in [2.75, 3.05) is 85.6 Å². The minimum absolute atomic E-state index is 0.0352. The number of fused-ring (bicyclic) bond motifs is 6. The van der Waals surface area contributed by atoms with Gasteiger partial charge in [-0.1, -0.05) is 69.3 Å². The molecule has 9 rings (SSSR count). The number of pyridine rings is 1. The molecule has 0 radical (unpaired) electrons. The molecule has 2 aromatic heterocycles. The highest BCUT2D eigenvalue weighted by molar-refractivity contribution is 5.96. The Labute approximate surface area is 469 Å². The predicted octanol–water partition coefficient (Wildman–Crippen LogP) is 7.46. The lowest BCUT2D eigenvalue weighted by Crippen LogP contribution is -2.62. The quantitative estimate of drug-likeness (QED) is 0.104. The number of methoxy groups -OCH3 is 2. The van der Waals surface area contributed by atoms with Gasteiger partial charge in [-0.2, -0.15) is 5.43 Å². The van der Waals surface area contributed by atoms with Crippen molar-refractivity contribution in [3.63, 3.8) is 0 Å². The van der Waals surface area contributed by atoms with E-state index >= 15 is 9.59 Å². The Hall–Kier alpha value is -7.35. The van der Waals surface area contributed by atoms with E-state index < -0.39 is 53.4 Å². The third-order valence-electron chi connectivity index (χ3n) is 16.7.